The Kier molecular flexibility index (Phi) is 2.29. The van der Waals surface area contributed by atoms with Crippen LogP contribution in [0.4, 0.5) is 0 Å². The van der Waals surface area contributed by atoms with Gasteiger partial charge in [0.15, 0.2) is 11.6 Å². The first-order valence-corrected chi connectivity index (χ1v) is 4.52. The van der Waals surface area contributed by atoms with Crippen LogP contribution in [0.1, 0.15) is 23.1 Å². The zero-order valence-electron chi connectivity index (χ0n) is 8.51. The van der Waals surface area contributed by atoms with Crippen LogP contribution >= 0.6 is 0 Å². The van der Waals surface area contributed by atoms with Gasteiger partial charge in [-0.1, -0.05) is 0 Å². The third-order valence-corrected chi connectivity index (χ3v) is 2.00. The molecule has 5 heteroatoms. The van der Waals surface area contributed by atoms with Crippen LogP contribution in [0.3, 0.4) is 0 Å². The Bertz CT molecular complexity index is 486. The predicted octanol–water partition coefficient (Wildman–Crippen LogP) is 1.17. The van der Waals surface area contributed by atoms with Gasteiger partial charge in [-0.05, 0) is 26.0 Å². The first kappa shape index (κ1) is 9.51. The van der Waals surface area contributed by atoms with Crippen LogP contribution in [0.25, 0.3) is 5.82 Å². The van der Waals surface area contributed by atoms with Gasteiger partial charge < -0.3 is 0 Å². The molecule has 0 atom stereocenters. The fraction of sp³-hybridized carbons (Fsp3) is 0.200. The van der Waals surface area contributed by atoms with E-state index in [4.69, 9.17) is 0 Å². The molecule has 0 aromatic carbocycles. The van der Waals surface area contributed by atoms with Gasteiger partial charge >= 0.3 is 0 Å². The SMILES string of the molecule is CC(=O)c1ccc(-n2cnc(C)n2)nc1. The van der Waals surface area contributed by atoms with Gasteiger partial charge in [0.25, 0.3) is 0 Å². The molecule has 2 rings (SSSR count). The van der Waals surface area contributed by atoms with E-state index in [1.54, 1.807) is 30.1 Å². The highest BCUT2D eigenvalue weighted by atomic mass is 16.1. The lowest BCUT2D eigenvalue weighted by molar-refractivity contribution is 0.101. The van der Waals surface area contributed by atoms with E-state index in [1.165, 1.54) is 13.1 Å². The molecule has 0 N–H and O–H groups in total. The maximum atomic E-state index is 11.0. The van der Waals surface area contributed by atoms with Crippen LogP contribution in [0.5, 0.6) is 0 Å². The fourth-order valence-electron chi connectivity index (χ4n) is 1.19. The second-order valence-electron chi connectivity index (χ2n) is 3.20. The van der Waals surface area contributed by atoms with E-state index in [0.29, 0.717) is 17.2 Å². The summed E-state index contributed by atoms with van der Waals surface area (Å²) in [6.07, 6.45) is 3.12. The number of Topliss-reactive ketones (excluding diaryl/α,β-unsaturated/α-hetero) is 1. The smallest absolute Gasteiger partial charge is 0.161 e. The molecular formula is C10H10N4O. The summed E-state index contributed by atoms with van der Waals surface area (Å²) in [5, 5.41) is 4.11. The van der Waals surface area contributed by atoms with Crippen molar-refractivity contribution < 1.29 is 4.79 Å². The molecule has 0 aliphatic rings. The van der Waals surface area contributed by atoms with E-state index in [9.17, 15) is 4.79 Å². The molecular weight excluding hydrogens is 192 g/mol. The second kappa shape index (κ2) is 3.61. The summed E-state index contributed by atoms with van der Waals surface area (Å²) in [6.45, 7) is 3.32. The Morgan fingerprint density at radius 3 is 2.60 bits per heavy atom. The van der Waals surface area contributed by atoms with Gasteiger partial charge in [0.2, 0.25) is 0 Å². The second-order valence-corrected chi connectivity index (χ2v) is 3.20. The third-order valence-electron chi connectivity index (χ3n) is 2.00. The third kappa shape index (κ3) is 1.90. The van der Waals surface area contributed by atoms with Gasteiger partial charge in [0.05, 0.1) is 0 Å². The molecule has 0 radical (unpaired) electrons. The Morgan fingerprint density at radius 1 is 1.33 bits per heavy atom. The van der Waals surface area contributed by atoms with Crippen LogP contribution in [0.15, 0.2) is 24.7 Å². The minimum absolute atomic E-state index is 0.00354. The molecule has 0 aliphatic carbocycles. The summed E-state index contributed by atoms with van der Waals surface area (Å²) in [5.41, 5.74) is 0.593. The van der Waals surface area contributed by atoms with Gasteiger partial charge in [-0.2, -0.15) is 5.10 Å². The van der Waals surface area contributed by atoms with Crippen molar-refractivity contribution in [3.05, 3.63) is 36.0 Å². The molecule has 2 heterocycles. The lowest BCUT2D eigenvalue weighted by Crippen LogP contribution is -2.00. The van der Waals surface area contributed by atoms with Gasteiger partial charge in [-0.15, -0.1) is 0 Å². The number of nitrogens with zero attached hydrogens (tertiary/aromatic N) is 4. The van der Waals surface area contributed by atoms with Gasteiger partial charge in [0, 0.05) is 11.8 Å². The molecule has 76 valence electrons. The molecule has 0 unspecified atom stereocenters. The topological polar surface area (TPSA) is 60.7 Å². The maximum absolute atomic E-state index is 11.0. The Morgan fingerprint density at radius 2 is 2.13 bits per heavy atom. The van der Waals surface area contributed by atoms with Gasteiger partial charge in [-0.3, -0.25) is 4.79 Å². The molecule has 5 nitrogen and oxygen atoms in total. The largest absolute Gasteiger partial charge is 0.294 e. The average molecular weight is 202 g/mol. The number of aryl methyl sites for hydroxylation is 1. The van der Waals surface area contributed by atoms with E-state index in [2.05, 4.69) is 15.1 Å². The number of hydrogen-bond acceptors (Lipinski definition) is 4. The van der Waals surface area contributed by atoms with E-state index in [1.807, 2.05) is 0 Å². The molecule has 0 saturated heterocycles. The molecule has 0 saturated carbocycles. The molecule has 0 spiro atoms. The van der Waals surface area contributed by atoms with Gasteiger partial charge in [-0.25, -0.2) is 14.6 Å². The van der Waals surface area contributed by atoms with Crippen LogP contribution in [-0.2, 0) is 0 Å². The number of aromatic nitrogens is 4. The van der Waals surface area contributed by atoms with E-state index in [-0.39, 0.29) is 5.78 Å². The quantitative estimate of drug-likeness (QED) is 0.686. The van der Waals surface area contributed by atoms with Crippen molar-refractivity contribution in [3.63, 3.8) is 0 Å². The van der Waals surface area contributed by atoms with Crippen molar-refractivity contribution in [2.45, 2.75) is 13.8 Å². The molecule has 0 aliphatic heterocycles. The van der Waals surface area contributed by atoms with Crippen molar-refractivity contribution in [1.82, 2.24) is 19.7 Å². The number of ketones is 1. The van der Waals surface area contributed by atoms with Crippen molar-refractivity contribution in [3.8, 4) is 5.82 Å². The van der Waals surface area contributed by atoms with E-state index < -0.39 is 0 Å². The summed E-state index contributed by atoms with van der Waals surface area (Å²) < 4.78 is 1.57. The molecule has 15 heavy (non-hydrogen) atoms. The lowest BCUT2D eigenvalue weighted by atomic mass is 10.2. The number of carbonyl (C=O) groups excluding carboxylic acids is 1. The fourth-order valence-corrected chi connectivity index (χ4v) is 1.19. The maximum Gasteiger partial charge on any atom is 0.161 e. The monoisotopic (exact) mass is 202 g/mol. The summed E-state index contributed by atoms with van der Waals surface area (Å²) in [7, 11) is 0. The van der Waals surface area contributed by atoms with Crippen molar-refractivity contribution in [2.24, 2.45) is 0 Å². The summed E-state index contributed by atoms with van der Waals surface area (Å²) >= 11 is 0. The van der Waals surface area contributed by atoms with Crippen molar-refractivity contribution in [1.29, 1.82) is 0 Å². The average Bonchev–Trinajstić information content (AvgIpc) is 2.65. The zero-order chi connectivity index (χ0) is 10.8. The van der Waals surface area contributed by atoms with E-state index >= 15 is 0 Å². The summed E-state index contributed by atoms with van der Waals surface area (Å²) in [5.74, 6) is 1.34. The Labute approximate surface area is 86.8 Å². The minimum Gasteiger partial charge on any atom is -0.294 e. The first-order valence-electron chi connectivity index (χ1n) is 4.52. The van der Waals surface area contributed by atoms with Crippen LogP contribution in [0, 0.1) is 6.92 Å². The first-order chi connectivity index (χ1) is 7.16. The Hall–Kier alpha value is -2.04. The van der Waals surface area contributed by atoms with Crippen molar-refractivity contribution >= 4 is 5.78 Å². The standard InChI is InChI=1S/C10H10N4O/c1-7(15)9-3-4-10(11-5-9)14-6-12-8(2)13-14/h3-6H,1-2H3. The highest BCUT2D eigenvalue weighted by molar-refractivity contribution is 5.93. The predicted molar refractivity (Wildman–Crippen MR) is 53.9 cm³/mol. The minimum atomic E-state index is 0.00354. The van der Waals surface area contributed by atoms with Crippen LogP contribution in [-0.4, -0.2) is 25.5 Å². The van der Waals surface area contributed by atoms with E-state index in [0.717, 1.165) is 0 Å². The number of pyridine rings is 1. The number of hydrogen-bond donors (Lipinski definition) is 0. The summed E-state index contributed by atoms with van der Waals surface area (Å²) in [6, 6.07) is 3.46. The molecule has 0 fully saturated rings. The molecule has 0 amide bonds. The highest BCUT2D eigenvalue weighted by Gasteiger charge is 2.02. The molecule has 2 aromatic rings. The zero-order valence-corrected chi connectivity index (χ0v) is 8.51. The number of rotatable bonds is 2. The van der Waals surface area contributed by atoms with Crippen LogP contribution < -0.4 is 0 Å². The highest BCUT2D eigenvalue weighted by Crippen LogP contribution is 2.04. The van der Waals surface area contributed by atoms with Crippen molar-refractivity contribution in [2.75, 3.05) is 0 Å². The molecule has 2 aromatic heterocycles. The lowest BCUT2D eigenvalue weighted by Gasteiger charge is -1.99. The molecule has 0 bridgehead atoms. The summed E-state index contributed by atoms with van der Waals surface area (Å²) in [4.78, 5) is 19.1. The van der Waals surface area contributed by atoms with Gasteiger partial charge in [0.1, 0.15) is 12.2 Å². The number of carbonyl (C=O) groups is 1. The normalized spacial score (nSPS) is 10.3. The Balaban J connectivity index is 2.35. The van der Waals surface area contributed by atoms with Crippen LogP contribution in [0.2, 0.25) is 0 Å².